The maximum atomic E-state index is 10.3. The monoisotopic (exact) mass is 357 g/mol. The molecule has 1 unspecified atom stereocenters. The zero-order valence-corrected chi connectivity index (χ0v) is 14.9. The summed E-state index contributed by atoms with van der Waals surface area (Å²) in [6, 6.07) is 5.84. The summed E-state index contributed by atoms with van der Waals surface area (Å²) in [4.78, 5) is 10.3. The minimum Gasteiger partial charge on any atom is -0.494 e. The van der Waals surface area contributed by atoms with Crippen LogP contribution in [0.25, 0.3) is 22.2 Å². The van der Waals surface area contributed by atoms with Crippen molar-refractivity contribution in [2.75, 3.05) is 26.8 Å². The van der Waals surface area contributed by atoms with Crippen molar-refractivity contribution in [2.45, 2.75) is 19.4 Å². The van der Waals surface area contributed by atoms with Crippen molar-refractivity contribution in [3.63, 3.8) is 0 Å². The SMILES string of the molecule is CNCCCOc1ccc2[nH]nc(-c3cnn(C(C)COC=O)c3)c2c1. The van der Waals surface area contributed by atoms with E-state index in [9.17, 15) is 4.79 Å². The fourth-order valence-corrected chi connectivity index (χ4v) is 2.70. The number of rotatable bonds is 10. The lowest BCUT2D eigenvalue weighted by Gasteiger charge is -2.09. The van der Waals surface area contributed by atoms with Crippen LogP contribution in [0.1, 0.15) is 19.4 Å². The summed E-state index contributed by atoms with van der Waals surface area (Å²) in [5.41, 5.74) is 2.64. The molecule has 0 aliphatic rings. The number of benzene rings is 1. The van der Waals surface area contributed by atoms with Gasteiger partial charge in [-0.2, -0.15) is 10.2 Å². The van der Waals surface area contributed by atoms with Gasteiger partial charge in [0.2, 0.25) is 0 Å². The third-order valence-corrected chi connectivity index (χ3v) is 4.11. The highest BCUT2D eigenvalue weighted by atomic mass is 16.5. The van der Waals surface area contributed by atoms with Crippen LogP contribution in [-0.2, 0) is 9.53 Å². The highest BCUT2D eigenvalue weighted by Crippen LogP contribution is 2.29. The standard InChI is InChI=1S/C18H23N5O3/c1-13(11-25-12-24)23-10-14(9-20-23)18-16-8-15(26-7-3-6-19-2)4-5-17(16)21-22-18/h4-5,8-10,12-13,19H,3,6-7,11H2,1-2H3,(H,21,22). The predicted octanol–water partition coefficient (Wildman–Crippen LogP) is 2.15. The fourth-order valence-electron chi connectivity index (χ4n) is 2.70. The Labute approximate surface area is 151 Å². The first-order valence-corrected chi connectivity index (χ1v) is 8.58. The maximum Gasteiger partial charge on any atom is 0.293 e. The Kier molecular flexibility index (Phi) is 5.85. The van der Waals surface area contributed by atoms with E-state index in [1.54, 1.807) is 10.9 Å². The second-order valence-corrected chi connectivity index (χ2v) is 6.07. The summed E-state index contributed by atoms with van der Waals surface area (Å²) in [6.45, 7) is 4.23. The minimum atomic E-state index is -0.0507. The molecule has 0 saturated carbocycles. The molecule has 26 heavy (non-hydrogen) atoms. The first-order valence-electron chi connectivity index (χ1n) is 8.58. The van der Waals surface area contributed by atoms with Gasteiger partial charge in [-0.05, 0) is 45.1 Å². The van der Waals surface area contributed by atoms with Crippen LogP contribution in [0, 0.1) is 0 Å². The molecule has 2 aromatic heterocycles. The molecule has 138 valence electrons. The average Bonchev–Trinajstić information content (AvgIpc) is 3.29. The number of H-pyrrole nitrogens is 1. The van der Waals surface area contributed by atoms with Gasteiger partial charge in [0.1, 0.15) is 18.1 Å². The molecular weight excluding hydrogens is 334 g/mol. The zero-order chi connectivity index (χ0) is 18.4. The molecule has 8 heteroatoms. The van der Waals surface area contributed by atoms with E-state index in [4.69, 9.17) is 9.47 Å². The van der Waals surface area contributed by atoms with Crippen molar-refractivity contribution < 1.29 is 14.3 Å². The molecule has 2 heterocycles. The highest BCUT2D eigenvalue weighted by molar-refractivity contribution is 5.93. The van der Waals surface area contributed by atoms with Gasteiger partial charge < -0.3 is 14.8 Å². The predicted molar refractivity (Wildman–Crippen MR) is 98.1 cm³/mol. The van der Waals surface area contributed by atoms with Crippen molar-refractivity contribution in [1.82, 2.24) is 25.3 Å². The lowest BCUT2D eigenvalue weighted by atomic mass is 10.1. The zero-order valence-electron chi connectivity index (χ0n) is 14.9. The van der Waals surface area contributed by atoms with Crippen molar-refractivity contribution in [1.29, 1.82) is 0 Å². The van der Waals surface area contributed by atoms with Crippen LogP contribution in [-0.4, -0.2) is 53.3 Å². The van der Waals surface area contributed by atoms with Gasteiger partial charge in [-0.25, -0.2) is 0 Å². The number of carbonyl (C=O) groups excluding carboxylic acids is 1. The summed E-state index contributed by atoms with van der Waals surface area (Å²) >= 11 is 0. The third-order valence-electron chi connectivity index (χ3n) is 4.11. The second-order valence-electron chi connectivity index (χ2n) is 6.07. The molecule has 0 amide bonds. The minimum absolute atomic E-state index is 0.0507. The van der Waals surface area contributed by atoms with Crippen molar-refractivity contribution in [2.24, 2.45) is 0 Å². The van der Waals surface area contributed by atoms with Gasteiger partial charge in [0, 0.05) is 17.1 Å². The van der Waals surface area contributed by atoms with E-state index in [-0.39, 0.29) is 12.6 Å². The first-order chi connectivity index (χ1) is 12.7. The van der Waals surface area contributed by atoms with Gasteiger partial charge in [0.05, 0.1) is 24.4 Å². The van der Waals surface area contributed by atoms with Crippen LogP contribution in [0.3, 0.4) is 0 Å². The number of aromatic nitrogens is 4. The van der Waals surface area contributed by atoms with Gasteiger partial charge in [0.25, 0.3) is 6.47 Å². The first kappa shape index (κ1) is 17.9. The molecule has 0 fully saturated rings. The molecule has 0 radical (unpaired) electrons. The Morgan fingerprint density at radius 1 is 1.42 bits per heavy atom. The largest absolute Gasteiger partial charge is 0.494 e. The molecule has 0 aliphatic heterocycles. The molecule has 0 aliphatic carbocycles. The molecule has 3 rings (SSSR count). The van der Waals surface area contributed by atoms with Crippen LogP contribution in [0.4, 0.5) is 0 Å². The number of hydrogen-bond donors (Lipinski definition) is 2. The number of aromatic amines is 1. The van der Waals surface area contributed by atoms with Crippen molar-refractivity contribution in [3.8, 4) is 17.0 Å². The molecule has 8 nitrogen and oxygen atoms in total. The van der Waals surface area contributed by atoms with Crippen LogP contribution in [0.5, 0.6) is 5.75 Å². The smallest absolute Gasteiger partial charge is 0.293 e. The Morgan fingerprint density at radius 2 is 2.31 bits per heavy atom. The maximum absolute atomic E-state index is 10.3. The molecule has 0 saturated heterocycles. The molecule has 1 aromatic carbocycles. The number of fused-ring (bicyclic) bond motifs is 1. The topological polar surface area (TPSA) is 94.1 Å². The van der Waals surface area contributed by atoms with Crippen molar-refractivity contribution >= 4 is 17.4 Å². The van der Waals surface area contributed by atoms with E-state index >= 15 is 0 Å². The van der Waals surface area contributed by atoms with E-state index < -0.39 is 0 Å². The summed E-state index contributed by atoms with van der Waals surface area (Å²) in [7, 11) is 1.93. The summed E-state index contributed by atoms with van der Waals surface area (Å²) in [5, 5.41) is 15.9. The van der Waals surface area contributed by atoms with Gasteiger partial charge in [-0.15, -0.1) is 0 Å². The number of ether oxygens (including phenoxy) is 2. The Hall–Kier alpha value is -2.87. The van der Waals surface area contributed by atoms with Gasteiger partial charge in [0.15, 0.2) is 0 Å². The Balaban J connectivity index is 1.79. The summed E-state index contributed by atoms with van der Waals surface area (Å²) in [5.74, 6) is 0.816. The van der Waals surface area contributed by atoms with Crippen LogP contribution in [0.2, 0.25) is 0 Å². The quantitative estimate of drug-likeness (QED) is 0.426. The molecule has 3 aromatic rings. The fraction of sp³-hybridized carbons (Fsp3) is 0.389. The van der Waals surface area contributed by atoms with E-state index in [0.717, 1.165) is 40.9 Å². The highest BCUT2D eigenvalue weighted by Gasteiger charge is 2.13. The molecule has 1 atom stereocenters. The molecule has 0 spiro atoms. The number of carbonyl (C=O) groups is 1. The van der Waals surface area contributed by atoms with Crippen LogP contribution >= 0.6 is 0 Å². The van der Waals surface area contributed by atoms with Gasteiger partial charge in [-0.3, -0.25) is 14.6 Å². The number of nitrogens with one attached hydrogen (secondary N) is 2. The van der Waals surface area contributed by atoms with Crippen LogP contribution in [0.15, 0.2) is 30.6 Å². The molecule has 2 N–H and O–H groups in total. The van der Waals surface area contributed by atoms with Crippen molar-refractivity contribution in [3.05, 3.63) is 30.6 Å². The van der Waals surface area contributed by atoms with E-state index in [1.165, 1.54) is 0 Å². The van der Waals surface area contributed by atoms with E-state index in [1.807, 2.05) is 38.4 Å². The normalized spacial score (nSPS) is 12.2. The molecular formula is C18H23N5O3. The van der Waals surface area contributed by atoms with Gasteiger partial charge in [-0.1, -0.05) is 0 Å². The Bertz CT molecular complexity index is 858. The van der Waals surface area contributed by atoms with E-state index in [2.05, 4.69) is 20.6 Å². The van der Waals surface area contributed by atoms with E-state index in [0.29, 0.717) is 13.1 Å². The number of nitrogens with zero attached hydrogens (tertiary/aromatic N) is 3. The lowest BCUT2D eigenvalue weighted by Crippen LogP contribution is -2.11. The third kappa shape index (κ3) is 4.02. The summed E-state index contributed by atoms with van der Waals surface area (Å²) in [6.07, 6.45) is 4.60. The van der Waals surface area contributed by atoms with Crippen LogP contribution < -0.4 is 10.1 Å². The summed E-state index contributed by atoms with van der Waals surface area (Å²) < 4.78 is 12.4. The number of hydrogen-bond acceptors (Lipinski definition) is 6. The lowest BCUT2D eigenvalue weighted by molar-refractivity contribution is -0.129. The van der Waals surface area contributed by atoms with Gasteiger partial charge >= 0.3 is 0 Å². The average molecular weight is 357 g/mol. The Morgan fingerprint density at radius 3 is 3.12 bits per heavy atom. The molecule has 0 bridgehead atoms. The second kappa shape index (κ2) is 8.48.